The van der Waals surface area contributed by atoms with Gasteiger partial charge in [-0.15, -0.1) is 11.8 Å². The lowest BCUT2D eigenvalue weighted by molar-refractivity contribution is -0.139. The first-order valence-electron chi connectivity index (χ1n) is 6.43. The van der Waals surface area contributed by atoms with Crippen LogP contribution in [0.3, 0.4) is 0 Å². The molecule has 0 saturated carbocycles. The van der Waals surface area contributed by atoms with Crippen LogP contribution in [0.5, 0.6) is 0 Å². The third-order valence-corrected chi connectivity index (χ3v) is 4.04. The van der Waals surface area contributed by atoms with Crippen molar-refractivity contribution in [3.05, 3.63) is 28.2 Å². The SMILES string of the molecule is CCOC(=O)CSc1cc(Br)ccc1CNCCOC. The molecule has 0 fully saturated rings. The smallest absolute Gasteiger partial charge is 0.316 e. The minimum Gasteiger partial charge on any atom is -0.465 e. The zero-order valence-electron chi connectivity index (χ0n) is 11.8. The molecule has 20 heavy (non-hydrogen) atoms. The maximum Gasteiger partial charge on any atom is 0.316 e. The number of thioether (sulfide) groups is 1. The molecular formula is C14H20BrNO3S. The van der Waals surface area contributed by atoms with E-state index in [1.807, 2.05) is 19.1 Å². The molecule has 1 aromatic rings. The molecule has 0 aliphatic carbocycles. The molecule has 0 saturated heterocycles. The van der Waals surface area contributed by atoms with Crippen molar-refractivity contribution in [3.63, 3.8) is 0 Å². The first-order valence-corrected chi connectivity index (χ1v) is 8.21. The largest absolute Gasteiger partial charge is 0.465 e. The number of rotatable bonds is 9. The van der Waals surface area contributed by atoms with Gasteiger partial charge < -0.3 is 14.8 Å². The summed E-state index contributed by atoms with van der Waals surface area (Å²) in [6, 6.07) is 6.08. The predicted octanol–water partition coefficient (Wildman–Crippen LogP) is 2.84. The lowest BCUT2D eigenvalue weighted by Gasteiger charge is -2.11. The zero-order valence-corrected chi connectivity index (χ0v) is 14.2. The first kappa shape index (κ1) is 17.5. The highest BCUT2D eigenvalue weighted by atomic mass is 79.9. The van der Waals surface area contributed by atoms with E-state index in [-0.39, 0.29) is 5.97 Å². The van der Waals surface area contributed by atoms with Gasteiger partial charge in [-0.1, -0.05) is 22.0 Å². The minimum absolute atomic E-state index is 0.184. The summed E-state index contributed by atoms with van der Waals surface area (Å²) in [5.41, 5.74) is 1.17. The summed E-state index contributed by atoms with van der Waals surface area (Å²) in [4.78, 5) is 12.5. The molecule has 0 atom stereocenters. The van der Waals surface area contributed by atoms with Crippen molar-refractivity contribution in [3.8, 4) is 0 Å². The number of methoxy groups -OCH3 is 1. The van der Waals surface area contributed by atoms with Crippen LogP contribution < -0.4 is 5.32 Å². The summed E-state index contributed by atoms with van der Waals surface area (Å²) < 4.78 is 10.9. The molecule has 4 nitrogen and oxygen atoms in total. The highest BCUT2D eigenvalue weighted by molar-refractivity contribution is 9.10. The van der Waals surface area contributed by atoms with Crippen LogP contribution in [0.4, 0.5) is 0 Å². The van der Waals surface area contributed by atoms with Crippen LogP contribution >= 0.6 is 27.7 Å². The second-order valence-electron chi connectivity index (χ2n) is 4.02. The Morgan fingerprint density at radius 2 is 2.25 bits per heavy atom. The van der Waals surface area contributed by atoms with E-state index in [2.05, 4.69) is 27.3 Å². The number of esters is 1. The molecule has 0 unspecified atom stereocenters. The van der Waals surface area contributed by atoms with Gasteiger partial charge in [-0.3, -0.25) is 4.79 Å². The topological polar surface area (TPSA) is 47.6 Å². The van der Waals surface area contributed by atoms with Crippen molar-refractivity contribution in [2.45, 2.75) is 18.4 Å². The molecule has 0 amide bonds. The summed E-state index contributed by atoms with van der Waals surface area (Å²) >= 11 is 4.95. The van der Waals surface area contributed by atoms with Gasteiger partial charge in [0.15, 0.2) is 0 Å². The molecule has 0 aliphatic heterocycles. The van der Waals surface area contributed by atoms with Gasteiger partial charge in [-0.2, -0.15) is 0 Å². The van der Waals surface area contributed by atoms with Gasteiger partial charge in [-0.05, 0) is 24.6 Å². The molecule has 1 N–H and O–H groups in total. The lowest BCUT2D eigenvalue weighted by atomic mass is 10.2. The predicted molar refractivity (Wildman–Crippen MR) is 85.1 cm³/mol. The number of hydrogen-bond donors (Lipinski definition) is 1. The molecule has 0 bridgehead atoms. The Labute approximate surface area is 132 Å². The normalized spacial score (nSPS) is 10.6. The van der Waals surface area contributed by atoms with Gasteiger partial charge >= 0.3 is 5.97 Å². The number of carbonyl (C=O) groups excluding carboxylic acids is 1. The third-order valence-electron chi connectivity index (χ3n) is 2.48. The number of nitrogens with one attached hydrogen (secondary N) is 1. The second-order valence-corrected chi connectivity index (χ2v) is 5.95. The van der Waals surface area contributed by atoms with Crippen LogP contribution in [-0.4, -0.2) is 38.6 Å². The van der Waals surface area contributed by atoms with Crippen molar-refractivity contribution in [2.24, 2.45) is 0 Å². The standard InChI is InChI=1S/C14H20BrNO3S/c1-3-19-14(17)10-20-13-8-12(15)5-4-11(13)9-16-6-7-18-2/h4-5,8,16H,3,6-7,9-10H2,1-2H3. The van der Waals surface area contributed by atoms with E-state index < -0.39 is 0 Å². The third kappa shape index (κ3) is 6.74. The molecular weight excluding hydrogens is 342 g/mol. The van der Waals surface area contributed by atoms with E-state index in [1.54, 1.807) is 7.11 Å². The van der Waals surface area contributed by atoms with Crippen molar-refractivity contribution < 1.29 is 14.3 Å². The highest BCUT2D eigenvalue weighted by Crippen LogP contribution is 2.26. The second kappa shape index (κ2) is 10.2. The van der Waals surface area contributed by atoms with Gasteiger partial charge in [0.05, 0.1) is 19.0 Å². The van der Waals surface area contributed by atoms with Gasteiger partial charge in [0.1, 0.15) is 0 Å². The molecule has 0 radical (unpaired) electrons. The molecule has 1 rings (SSSR count). The average Bonchev–Trinajstić information content (AvgIpc) is 2.43. The van der Waals surface area contributed by atoms with Gasteiger partial charge in [0.2, 0.25) is 0 Å². The molecule has 0 heterocycles. The molecule has 0 spiro atoms. The average molecular weight is 362 g/mol. The number of halogens is 1. The summed E-state index contributed by atoms with van der Waals surface area (Å²) in [5, 5.41) is 3.31. The molecule has 6 heteroatoms. The summed E-state index contributed by atoms with van der Waals surface area (Å²) in [6.45, 7) is 4.47. The Morgan fingerprint density at radius 1 is 1.45 bits per heavy atom. The van der Waals surface area contributed by atoms with E-state index in [9.17, 15) is 4.79 Å². The van der Waals surface area contributed by atoms with Crippen LogP contribution in [0.25, 0.3) is 0 Å². The lowest BCUT2D eigenvalue weighted by Crippen LogP contribution is -2.19. The minimum atomic E-state index is -0.184. The fourth-order valence-corrected chi connectivity index (χ4v) is 2.95. The number of ether oxygens (including phenoxy) is 2. The zero-order chi connectivity index (χ0) is 14.8. The Hall–Kier alpha value is -0.560. The summed E-state index contributed by atoms with van der Waals surface area (Å²) in [5.74, 6) is 0.144. The fraction of sp³-hybridized carbons (Fsp3) is 0.500. The van der Waals surface area contributed by atoms with Crippen molar-refractivity contribution in [1.82, 2.24) is 5.32 Å². The highest BCUT2D eigenvalue weighted by Gasteiger charge is 2.08. The van der Waals surface area contributed by atoms with Crippen LogP contribution in [0.1, 0.15) is 12.5 Å². The monoisotopic (exact) mass is 361 g/mol. The fourth-order valence-electron chi connectivity index (χ4n) is 1.55. The van der Waals surface area contributed by atoms with Crippen LogP contribution in [0, 0.1) is 0 Å². The van der Waals surface area contributed by atoms with Gasteiger partial charge in [0.25, 0.3) is 0 Å². The molecule has 0 aliphatic rings. The Balaban J connectivity index is 2.57. The first-order chi connectivity index (χ1) is 9.67. The summed E-state index contributed by atoms with van der Waals surface area (Å²) in [6.07, 6.45) is 0. The number of hydrogen-bond acceptors (Lipinski definition) is 5. The maximum absolute atomic E-state index is 11.4. The Bertz CT molecular complexity index is 429. The van der Waals surface area contributed by atoms with E-state index in [4.69, 9.17) is 9.47 Å². The summed E-state index contributed by atoms with van der Waals surface area (Å²) in [7, 11) is 1.68. The van der Waals surface area contributed by atoms with Gasteiger partial charge in [0, 0.05) is 29.6 Å². The van der Waals surface area contributed by atoms with Crippen molar-refractivity contribution in [1.29, 1.82) is 0 Å². The molecule has 112 valence electrons. The van der Waals surface area contributed by atoms with Crippen LogP contribution in [0.15, 0.2) is 27.6 Å². The van der Waals surface area contributed by atoms with E-state index in [0.717, 1.165) is 22.5 Å². The maximum atomic E-state index is 11.4. The Morgan fingerprint density at radius 3 is 2.95 bits per heavy atom. The van der Waals surface area contributed by atoms with Crippen molar-refractivity contribution in [2.75, 3.05) is 32.6 Å². The van der Waals surface area contributed by atoms with E-state index >= 15 is 0 Å². The molecule has 1 aromatic carbocycles. The quantitative estimate of drug-likeness (QED) is 0.416. The van der Waals surface area contributed by atoms with Crippen molar-refractivity contribution >= 4 is 33.7 Å². The van der Waals surface area contributed by atoms with Gasteiger partial charge in [-0.25, -0.2) is 0 Å². The van der Waals surface area contributed by atoms with E-state index in [1.165, 1.54) is 17.3 Å². The number of benzene rings is 1. The van der Waals surface area contributed by atoms with Crippen LogP contribution in [0.2, 0.25) is 0 Å². The molecule has 0 aromatic heterocycles. The van der Waals surface area contributed by atoms with Crippen LogP contribution in [-0.2, 0) is 20.8 Å². The van der Waals surface area contributed by atoms with E-state index in [0.29, 0.717) is 19.0 Å². The Kier molecular flexibility index (Phi) is 8.93. The number of carbonyl (C=O) groups is 1.